The van der Waals surface area contributed by atoms with E-state index >= 15 is 0 Å². The fraction of sp³-hybridized carbons (Fsp3) is 0.357. The Balaban J connectivity index is 1.27. The second-order valence-corrected chi connectivity index (χ2v) is 10.1. The third kappa shape index (κ3) is 3.52. The molecule has 176 valence electrons. The average Bonchev–Trinajstić information content (AvgIpc) is 3.80. The molecule has 1 atom stereocenters. The molecule has 6 nitrogen and oxygen atoms in total. The van der Waals surface area contributed by atoms with Gasteiger partial charge in [0.2, 0.25) is 0 Å². The van der Waals surface area contributed by atoms with Gasteiger partial charge in [-0.2, -0.15) is 5.10 Å². The zero-order chi connectivity index (χ0) is 23.7. The molecule has 2 saturated carbocycles. The first-order valence-corrected chi connectivity index (χ1v) is 12.5. The van der Waals surface area contributed by atoms with Crippen LogP contribution in [0.25, 0.3) is 16.9 Å². The SMILES string of the molecule is C[C@@H]1c2ccccc2CCN1C(=O)c1cc(C2CC2)n2nc(-c3cnc(C4CC4)cc3F)cc2n1. The van der Waals surface area contributed by atoms with Gasteiger partial charge in [-0.3, -0.25) is 9.78 Å². The summed E-state index contributed by atoms with van der Waals surface area (Å²) in [5.41, 5.74) is 6.15. The van der Waals surface area contributed by atoms with E-state index in [4.69, 9.17) is 10.1 Å². The lowest BCUT2D eigenvalue weighted by atomic mass is 9.93. The van der Waals surface area contributed by atoms with E-state index in [0.717, 1.165) is 43.5 Å². The monoisotopic (exact) mass is 467 g/mol. The Labute approximate surface area is 202 Å². The Morgan fingerprint density at radius 1 is 1.06 bits per heavy atom. The standard InChI is InChI=1S/C28H26FN5O/c1-16-20-5-3-2-4-17(20)10-11-33(16)28(35)25-13-26(19-8-9-19)34-27(31-25)14-24(32-34)21-15-30-23(12-22(21)29)18-6-7-18/h2-5,12-16,18-19H,6-11H2,1H3/t16-/m1/s1. The second kappa shape index (κ2) is 7.70. The Hall–Kier alpha value is -3.61. The summed E-state index contributed by atoms with van der Waals surface area (Å²) in [6.45, 7) is 2.74. The van der Waals surface area contributed by atoms with Gasteiger partial charge in [0.25, 0.3) is 5.91 Å². The molecule has 1 aliphatic heterocycles. The minimum absolute atomic E-state index is 0.0134. The molecule has 7 heteroatoms. The van der Waals surface area contributed by atoms with Crippen molar-refractivity contribution in [1.29, 1.82) is 0 Å². The highest BCUT2D eigenvalue weighted by Gasteiger charge is 2.33. The molecule has 0 unspecified atom stereocenters. The normalized spacial score (nSPS) is 19.7. The molecule has 1 aromatic carbocycles. The molecule has 0 saturated heterocycles. The van der Waals surface area contributed by atoms with Crippen molar-refractivity contribution < 1.29 is 9.18 Å². The topological polar surface area (TPSA) is 63.4 Å². The minimum Gasteiger partial charge on any atom is -0.330 e. The molecule has 4 heterocycles. The molecule has 0 radical (unpaired) electrons. The van der Waals surface area contributed by atoms with Gasteiger partial charge in [0.05, 0.1) is 17.3 Å². The van der Waals surface area contributed by atoms with E-state index in [2.05, 4.69) is 30.1 Å². The number of halogens is 1. The van der Waals surface area contributed by atoms with Gasteiger partial charge >= 0.3 is 0 Å². The zero-order valence-electron chi connectivity index (χ0n) is 19.6. The van der Waals surface area contributed by atoms with Crippen molar-refractivity contribution in [2.24, 2.45) is 0 Å². The summed E-state index contributed by atoms with van der Waals surface area (Å²) in [4.78, 5) is 24.8. The lowest BCUT2D eigenvalue weighted by molar-refractivity contribution is 0.0671. The molecule has 3 aliphatic rings. The lowest BCUT2D eigenvalue weighted by Crippen LogP contribution is -2.39. The van der Waals surface area contributed by atoms with Crippen LogP contribution in [0.15, 0.2) is 48.7 Å². The van der Waals surface area contributed by atoms with Crippen molar-refractivity contribution in [2.45, 2.75) is 56.9 Å². The number of nitrogens with zero attached hydrogens (tertiary/aromatic N) is 5. The Morgan fingerprint density at radius 2 is 1.86 bits per heavy atom. The number of rotatable bonds is 4. The number of hydrogen-bond donors (Lipinski definition) is 0. The van der Waals surface area contributed by atoms with E-state index in [0.29, 0.717) is 41.0 Å². The van der Waals surface area contributed by atoms with Crippen molar-refractivity contribution in [3.8, 4) is 11.3 Å². The first-order valence-electron chi connectivity index (χ1n) is 12.5. The van der Waals surface area contributed by atoms with Crippen LogP contribution in [0.3, 0.4) is 0 Å². The van der Waals surface area contributed by atoms with Crippen molar-refractivity contribution in [1.82, 2.24) is 24.5 Å². The molecular weight excluding hydrogens is 441 g/mol. The summed E-state index contributed by atoms with van der Waals surface area (Å²) in [7, 11) is 0. The van der Waals surface area contributed by atoms with Crippen LogP contribution in [0, 0.1) is 5.82 Å². The number of carbonyl (C=O) groups excluding carboxylic acids is 1. The molecule has 2 fully saturated rings. The number of pyridine rings is 1. The summed E-state index contributed by atoms with van der Waals surface area (Å²) >= 11 is 0. The van der Waals surface area contributed by atoms with E-state index in [1.165, 1.54) is 17.2 Å². The quantitative estimate of drug-likeness (QED) is 0.401. The van der Waals surface area contributed by atoms with Crippen molar-refractivity contribution >= 4 is 11.6 Å². The number of fused-ring (bicyclic) bond motifs is 2. The van der Waals surface area contributed by atoms with E-state index in [-0.39, 0.29) is 17.8 Å². The van der Waals surface area contributed by atoms with Gasteiger partial charge in [0.1, 0.15) is 11.5 Å². The van der Waals surface area contributed by atoms with Crippen LogP contribution in [0.1, 0.15) is 83.5 Å². The van der Waals surface area contributed by atoms with Crippen molar-refractivity contribution in [2.75, 3.05) is 6.54 Å². The minimum atomic E-state index is -0.310. The van der Waals surface area contributed by atoms with Crippen LogP contribution in [0.5, 0.6) is 0 Å². The molecule has 0 bridgehead atoms. The Morgan fingerprint density at radius 3 is 2.63 bits per heavy atom. The van der Waals surface area contributed by atoms with E-state index in [1.807, 2.05) is 17.0 Å². The number of carbonyl (C=O) groups is 1. The summed E-state index contributed by atoms with van der Waals surface area (Å²) in [5, 5.41) is 4.70. The maximum atomic E-state index is 15.0. The highest BCUT2D eigenvalue weighted by molar-refractivity contribution is 5.93. The van der Waals surface area contributed by atoms with Crippen molar-refractivity contribution in [3.63, 3.8) is 0 Å². The third-order valence-corrected chi connectivity index (χ3v) is 7.67. The van der Waals surface area contributed by atoms with E-state index < -0.39 is 0 Å². The maximum Gasteiger partial charge on any atom is 0.273 e. The Kier molecular flexibility index (Phi) is 4.56. The van der Waals surface area contributed by atoms with Gasteiger partial charge < -0.3 is 4.90 Å². The zero-order valence-corrected chi connectivity index (χ0v) is 19.6. The summed E-state index contributed by atoms with van der Waals surface area (Å²) in [5.74, 6) is 0.358. The van der Waals surface area contributed by atoms with Gasteiger partial charge in [-0.05, 0) is 62.3 Å². The van der Waals surface area contributed by atoms with Crippen LogP contribution in [-0.4, -0.2) is 36.9 Å². The molecule has 0 N–H and O–H groups in total. The molecule has 0 spiro atoms. The van der Waals surface area contributed by atoms with Crippen LogP contribution in [-0.2, 0) is 6.42 Å². The van der Waals surface area contributed by atoms with Gasteiger partial charge in [0.15, 0.2) is 5.65 Å². The fourth-order valence-electron chi connectivity index (χ4n) is 5.34. The smallest absolute Gasteiger partial charge is 0.273 e. The predicted octanol–water partition coefficient (Wildman–Crippen LogP) is 5.44. The number of aromatic nitrogens is 4. The summed E-state index contributed by atoms with van der Waals surface area (Å²) < 4.78 is 16.8. The first kappa shape index (κ1) is 20.7. The first-order chi connectivity index (χ1) is 17.1. The average molecular weight is 468 g/mol. The van der Waals surface area contributed by atoms with E-state index in [1.54, 1.807) is 16.8 Å². The molecule has 7 rings (SSSR count). The number of benzene rings is 1. The summed E-state index contributed by atoms with van der Waals surface area (Å²) in [6, 6.07) is 13.5. The fourth-order valence-corrected chi connectivity index (χ4v) is 5.34. The van der Waals surface area contributed by atoms with Crippen LogP contribution in [0.2, 0.25) is 0 Å². The van der Waals surface area contributed by atoms with Gasteiger partial charge in [-0.25, -0.2) is 13.9 Å². The molecule has 3 aromatic heterocycles. The van der Waals surface area contributed by atoms with Gasteiger partial charge in [-0.15, -0.1) is 0 Å². The molecule has 4 aromatic rings. The maximum absolute atomic E-state index is 15.0. The molecule has 35 heavy (non-hydrogen) atoms. The van der Waals surface area contributed by atoms with Crippen LogP contribution < -0.4 is 0 Å². The third-order valence-electron chi connectivity index (χ3n) is 7.67. The molecule has 1 amide bonds. The van der Waals surface area contributed by atoms with Crippen molar-refractivity contribution in [3.05, 3.63) is 82.7 Å². The van der Waals surface area contributed by atoms with Gasteiger partial charge in [0, 0.05) is 42.0 Å². The highest BCUT2D eigenvalue weighted by Crippen LogP contribution is 2.42. The second-order valence-electron chi connectivity index (χ2n) is 10.1. The largest absolute Gasteiger partial charge is 0.330 e. The Bertz CT molecular complexity index is 1490. The van der Waals surface area contributed by atoms with Crippen LogP contribution >= 0.6 is 0 Å². The predicted molar refractivity (Wildman–Crippen MR) is 130 cm³/mol. The lowest BCUT2D eigenvalue weighted by Gasteiger charge is -2.35. The highest BCUT2D eigenvalue weighted by atomic mass is 19.1. The molecular formula is C28H26FN5O. The van der Waals surface area contributed by atoms with Crippen LogP contribution in [0.4, 0.5) is 4.39 Å². The van der Waals surface area contributed by atoms with E-state index in [9.17, 15) is 9.18 Å². The summed E-state index contributed by atoms with van der Waals surface area (Å²) in [6.07, 6.45) is 6.69. The molecule has 2 aliphatic carbocycles. The number of amides is 1. The van der Waals surface area contributed by atoms with Gasteiger partial charge in [-0.1, -0.05) is 24.3 Å². The number of hydrogen-bond acceptors (Lipinski definition) is 4.